The molecular weight excluding hydrogens is 251 g/mol. The fourth-order valence-electron chi connectivity index (χ4n) is 2.05. The molecule has 2 rings (SSSR count). The van der Waals surface area contributed by atoms with Crippen molar-refractivity contribution in [3.63, 3.8) is 0 Å². The predicted molar refractivity (Wildman–Crippen MR) is 71.1 cm³/mol. The lowest BCUT2D eigenvalue weighted by Crippen LogP contribution is -2.26. The zero-order chi connectivity index (χ0) is 13.2. The van der Waals surface area contributed by atoms with Crippen LogP contribution in [0.15, 0.2) is 48.5 Å². The lowest BCUT2D eigenvalue weighted by atomic mass is 9.84. The first-order valence-corrected chi connectivity index (χ1v) is 6.18. The molecule has 0 bridgehead atoms. The monoisotopic (exact) mass is 264 g/mol. The maximum Gasteiger partial charge on any atom is 0.123 e. The Bertz CT molecular complexity index is 538. The van der Waals surface area contributed by atoms with Crippen LogP contribution in [0, 0.1) is 5.82 Å². The summed E-state index contributed by atoms with van der Waals surface area (Å²) in [5.41, 5.74) is 0.0690. The van der Waals surface area contributed by atoms with Crippen LogP contribution in [-0.4, -0.2) is 5.11 Å². The van der Waals surface area contributed by atoms with Crippen molar-refractivity contribution in [1.82, 2.24) is 0 Å². The van der Waals surface area contributed by atoms with Crippen molar-refractivity contribution >= 4 is 11.6 Å². The van der Waals surface area contributed by atoms with E-state index in [0.29, 0.717) is 22.6 Å². The van der Waals surface area contributed by atoms with Gasteiger partial charge in [-0.2, -0.15) is 0 Å². The molecule has 3 heteroatoms. The van der Waals surface area contributed by atoms with Gasteiger partial charge in [-0.05, 0) is 41.8 Å². The van der Waals surface area contributed by atoms with Gasteiger partial charge in [0.05, 0.1) is 0 Å². The van der Waals surface area contributed by atoms with Crippen LogP contribution in [-0.2, 0) is 5.60 Å². The number of aliphatic hydroxyl groups is 1. The van der Waals surface area contributed by atoms with E-state index in [1.807, 2.05) is 6.92 Å². The summed E-state index contributed by atoms with van der Waals surface area (Å²) >= 11 is 5.83. The number of hydrogen-bond donors (Lipinski definition) is 1. The Hall–Kier alpha value is -1.38. The van der Waals surface area contributed by atoms with Gasteiger partial charge in [0.25, 0.3) is 0 Å². The number of benzene rings is 2. The highest BCUT2D eigenvalue weighted by Crippen LogP contribution is 2.33. The molecule has 94 valence electrons. The predicted octanol–water partition coefficient (Wildman–Crippen LogP) is 4.13. The molecule has 0 saturated carbocycles. The van der Waals surface area contributed by atoms with E-state index in [0.717, 1.165) is 0 Å². The quantitative estimate of drug-likeness (QED) is 0.884. The molecule has 18 heavy (non-hydrogen) atoms. The molecule has 2 aromatic carbocycles. The van der Waals surface area contributed by atoms with Crippen LogP contribution in [0.5, 0.6) is 0 Å². The van der Waals surface area contributed by atoms with Crippen LogP contribution in [0.4, 0.5) is 4.39 Å². The van der Waals surface area contributed by atoms with E-state index < -0.39 is 5.60 Å². The summed E-state index contributed by atoms with van der Waals surface area (Å²) in [7, 11) is 0. The largest absolute Gasteiger partial charge is 0.380 e. The summed E-state index contributed by atoms with van der Waals surface area (Å²) in [6.07, 6.45) is 0.456. The molecule has 1 unspecified atom stereocenters. The summed E-state index contributed by atoms with van der Waals surface area (Å²) in [6, 6.07) is 13.0. The molecule has 0 aliphatic heterocycles. The Labute approximate surface area is 111 Å². The molecule has 0 fully saturated rings. The Kier molecular flexibility index (Phi) is 3.69. The van der Waals surface area contributed by atoms with E-state index in [1.165, 1.54) is 12.1 Å². The van der Waals surface area contributed by atoms with Crippen LogP contribution in [0.25, 0.3) is 0 Å². The number of rotatable bonds is 3. The van der Waals surface area contributed by atoms with Crippen molar-refractivity contribution < 1.29 is 9.50 Å². The fourth-order valence-corrected chi connectivity index (χ4v) is 2.17. The van der Waals surface area contributed by atoms with Gasteiger partial charge in [0.2, 0.25) is 0 Å². The van der Waals surface area contributed by atoms with E-state index in [9.17, 15) is 9.50 Å². The third-order valence-corrected chi connectivity index (χ3v) is 3.39. The zero-order valence-electron chi connectivity index (χ0n) is 10.0. The van der Waals surface area contributed by atoms with Crippen molar-refractivity contribution in [3.05, 3.63) is 70.5 Å². The van der Waals surface area contributed by atoms with Crippen molar-refractivity contribution in [1.29, 1.82) is 0 Å². The van der Waals surface area contributed by atoms with E-state index in [-0.39, 0.29) is 5.82 Å². The molecule has 0 aromatic heterocycles. The van der Waals surface area contributed by atoms with Crippen molar-refractivity contribution in [2.75, 3.05) is 0 Å². The van der Waals surface area contributed by atoms with E-state index in [1.54, 1.807) is 36.4 Å². The third kappa shape index (κ3) is 2.40. The minimum absolute atomic E-state index is 0.353. The molecule has 0 heterocycles. The first-order chi connectivity index (χ1) is 8.56. The lowest BCUT2D eigenvalue weighted by molar-refractivity contribution is 0.0762. The second-order valence-electron chi connectivity index (χ2n) is 4.23. The molecule has 0 saturated heterocycles. The lowest BCUT2D eigenvalue weighted by Gasteiger charge is -2.28. The molecule has 0 aliphatic carbocycles. The van der Waals surface area contributed by atoms with Crippen molar-refractivity contribution in [3.8, 4) is 0 Å². The summed E-state index contributed by atoms with van der Waals surface area (Å²) in [6.45, 7) is 1.86. The minimum atomic E-state index is -1.19. The van der Waals surface area contributed by atoms with Crippen LogP contribution >= 0.6 is 11.6 Å². The summed E-state index contributed by atoms with van der Waals surface area (Å²) in [4.78, 5) is 0. The number of halogens is 2. The van der Waals surface area contributed by atoms with Crippen molar-refractivity contribution in [2.45, 2.75) is 18.9 Å². The second kappa shape index (κ2) is 5.09. The first kappa shape index (κ1) is 13.1. The molecule has 1 atom stereocenters. The fraction of sp³-hybridized carbons (Fsp3) is 0.200. The molecule has 0 radical (unpaired) electrons. The van der Waals surface area contributed by atoms with Crippen LogP contribution in [0.2, 0.25) is 5.02 Å². The standard InChI is InChI=1S/C15H14ClFO/c1-2-15(18,11-6-8-13(16)9-7-11)12-4-3-5-14(17)10-12/h3-10,18H,2H2,1H3. The maximum absolute atomic E-state index is 13.3. The highest BCUT2D eigenvalue weighted by Gasteiger charge is 2.29. The average Bonchev–Trinajstić information content (AvgIpc) is 2.38. The summed E-state index contributed by atoms with van der Waals surface area (Å²) in [5, 5.41) is 11.4. The van der Waals surface area contributed by atoms with Gasteiger partial charge in [-0.3, -0.25) is 0 Å². The Balaban J connectivity index is 2.51. The van der Waals surface area contributed by atoms with Gasteiger partial charge in [-0.1, -0.05) is 42.8 Å². The van der Waals surface area contributed by atoms with Crippen LogP contribution in [0.1, 0.15) is 24.5 Å². The average molecular weight is 265 g/mol. The van der Waals surface area contributed by atoms with Crippen LogP contribution in [0.3, 0.4) is 0 Å². The van der Waals surface area contributed by atoms with E-state index in [2.05, 4.69) is 0 Å². The molecule has 1 nitrogen and oxygen atoms in total. The Morgan fingerprint density at radius 1 is 1.11 bits per heavy atom. The molecular formula is C15H14ClFO. The van der Waals surface area contributed by atoms with Gasteiger partial charge in [-0.15, -0.1) is 0 Å². The topological polar surface area (TPSA) is 20.2 Å². The van der Waals surface area contributed by atoms with Gasteiger partial charge in [-0.25, -0.2) is 4.39 Å². The highest BCUT2D eigenvalue weighted by molar-refractivity contribution is 6.30. The molecule has 1 N–H and O–H groups in total. The smallest absolute Gasteiger partial charge is 0.123 e. The Morgan fingerprint density at radius 3 is 2.33 bits per heavy atom. The van der Waals surface area contributed by atoms with Crippen LogP contribution < -0.4 is 0 Å². The zero-order valence-corrected chi connectivity index (χ0v) is 10.8. The first-order valence-electron chi connectivity index (χ1n) is 5.80. The van der Waals surface area contributed by atoms with Gasteiger partial charge >= 0.3 is 0 Å². The van der Waals surface area contributed by atoms with E-state index >= 15 is 0 Å². The SMILES string of the molecule is CCC(O)(c1ccc(Cl)cc1)c1cccc(F)c1. The molecule has 0 aliphatic rings. The molecule has 0 spiro atoms. The molecule has 2 aromatic rings. The van der Waals surface area contributed by atoms with E-state index in [4.69, 9.17) is 11.6 Å². The minimum Gasteiger partial charge on any atom is -0.380 e. The Morgan fingerprint density at radius 2 is 1.78 bits per heavy atom. The normalized spacial score (nSPS) is 14.2. The summed E-state index contributed by atoms with van der Waals surface area (Å²) < 4.78 is 13.3. The summed E-state index contributed by atoms with van der Waals surface area (Å²) in [5.74, 6) is -0.353. The number of hydrogen-bond acceptors (Lipinski definition) is 1. The van der Waals surface area contributed by atoms with Gasteiger partial charge in [0.15, 0.2) is 0 Å². The van der Waals surface area contributed by atoms with Gasteiger partial charge < -0.3 is 5.11 Å². The van der Waals surface area contributed by atoms with Crippen molar-refractivity contribution in [2.24, 2.45) is 0 Å². The maximum atomic E-state index is 13.3. The van der Waals surface area contributed by atoms with Gasteiger partial charge in [0.1, 0.15) is 11.4 Å². The second-order valence-corrected chi connectivity index (χ2v) is 4.67. The highest BCUT2D eigenvalue weighted by atomic mass is 35.5. The molecule has 0 amide bonds. The van der Waals surface area contributed by atoms with Gasteiger partial charge in [0, 0.05) is 5.02 Å². The third-order valence-electron chi connectivity index (χ3n) is 3.14.